The lowest BCUT2D eigenvalue weighted by atomic mass is 9.99. The molecule has 0 atom stereocenters. The van der Waals surface area contributed by atoms with Gasteiger partial charge in [-0.2, -0.15) is 0 Å². The fourth-order valence-electron chi connectivity index (χ4n) is 1.82. The van der Waals surface area contributed by atoms with Gasteiger partial charge >= 0.3 is 0 Å². The first kappa shape index (κ1) is 12.5. The molecule has 2 rings (SSSR count). The Hall–Kier alpha value is -1.96. The van der Waals surface area contributed by atoms with E-state index in [9.17, 15) is 4.79 Å². The number of rotatable bonds is 4. The predicted octanol–water partition coefficient (Wildman–Crippen LogP) is 3.63. The summed E-state index contributed by atoms with van der Waals surface area (Å²) in [7, 11) is 0. The lowest BCUT2D eigenvalue weighted by Gasteiger charge is -2.06. The molecule has 18 heavy (non-hydrogen) atoms. The maximum Gasteiger partial charge on any atom is 0.185 e. The molecule has 2 nitrogen and oxygen atoms in total. The Morgan fingerprint density at radius 3 is 2.39 bits per heavy atom. The molecule has 0 fully saturated rings. The van der Waals surface area contributed by atoms with Gasteiger partial charge in [0.05, 0.1) is 0 Å². The van der Waals surface area contributed by atoms with Crippen molar-refractivity contribution >= 4 is 5.78 Å². The van der Waals surface area contributed by atoms with Crippen molar-refractivity contribution in [2.45, 2.75) is 26.2 Å². The molecule has 2 heteroatoms. The lowest BCUT2D eigenvalue weighted by Crippen LogP contribution is -2.05. The summed E-state index contributed by atoms with van der Waals surface area (Å²) in [5, 5.41) is 0. The molecule has 1 aromatic heterocycles. The summed E-state index contributed by atoms with van der Waals surface area (Å²) >= 11 is 0. The van der Waals surface area contributed by atoms with Crippen LogP contribution in [-0.2, 0) is 6.42 Å². The number of aromatic nitrogens is 1. The van der Waals surface area contributed by atoms with Crippen LogP contribution in [0.1, 0.15) is 41.4 Å². The zero-order valence-corrected chi connectivity index (χ0v) is 10.8. The minimum Gasteiger partial charge on any atom is -0.292 e. The van der Waals surface area contributed by atoms with Gasteiger partial charge in [-0.05, 0) is 29.2 Å². The van der Waals surface area contributed by atoms with E-state index in [1.165, 1.54) is 5.56 Å². The molecular weight excluding hydrogens is 222 g/mol. The summed E-state index contributed by atoms with van der Waals surface area (Å²) < 4.78 is 0. The highest BCUT2D eigenvalue weighted by molar-refractivity contribution is 5.95. The number of pyridine rings is 1. The molecule has 0 amide bonds. The Morgan fingerprint density at radius 2 is 1.83 bits per heavy atom. The van der Waals surface area contributed by atoms with Crippen molar-refractivity contribution in [3.05, 3.63) is 65.5 Å². The van der Waals surface area contributed by atoms with Gasteiger partial charge in [-0.1, -0.05) is 44.2 Å². The van der Waals surface area contributed by atoms with Crippen LogP contribution < -0.4 is 0 Å². The summed E-state index contributed by atoms with van der Waals surface area (Å²) in [6, 6.07) is 13.6. The Kier molecular flexibility index (Phi) is 3.88. The number of Topliss-reactive ketones (excluding diaryl/α,β-unsaturated/α-hetero) is 1. The summed E-state index contributed by atoms with van der Waals surface area (Å²) in [5.74, 6) is 0.582. The number of ketones is 1. The third kappa shape index (κ3) is 3.04. The molecule has 0 N–H and O–H groups in total. The molecule has 1 aromatic carbocycles. The normalized spacial score (nSPS) is 10.6. The maximum absolute atomic E-state index is 12.0. The maximum atomic E-state index is 12.0. The highest BCUT2D eigenvalue weighted by Gasteiger charge is 2.08. The van der Waals surface area contributed by atoms with E-state index in [1.807, 2.05) is 24.3 Å². The Labute approximate surface area is 108 Å². The van der Waals surface area contributed by atoms with Gasteiger partial charge in [0, 0.05) is 12.6 Å². The Morgan fingerprint density at radius 1 is 1.11 bits per heavy atom. The van der Waals surface area contributed by atoms with Crippen LogP contribution in [0.5, 0.6) is 0 Å². The first-order valence-corrected chi connectivity index (χ1v) is 6.20. The number of hydrogen-bond acceptors (Lipinski definition) is 2. The number of benzene rings is 1. The smallest absolute Gasteiger partial charge is 0.185 e. The van der Waals surface area contributed by atoms with Gasteiger partial charge in [-0.3, -0.25) is 9.78 Å². The minimum absolute atomic E-state index is 0.0629. The summed E-state index contributed by atoms with van der Waals surface area (Å²) in [6.07, 6.45) is 2.06. The van der Waals surface area contributed by atoms with Gasteiger partial charge in [0.25, 0.3) is 0 Å². The second kappa shape index (κ2) is 5.58. The average molecular weight is 239 g/mol. The number of carbonyl (C=O) groups excluding carboxylic acids is 1. The van der Waals surface area contributed by atoms with E-state index >= 15 is 0 Å². The molecule has 0 unspecified atom stereocenters. The highest BCUT2D eigenvalue weighted by atomic mass is 16.1. The molecule has 0 aliphatic heterocycles. The third-order valence-electron chi connectivity index (χ3n) is 2.96. The fourth-order valence-corrected chi connectivity index (χ4v) is 1.82. The van der Waals surface area contributed by atoms with E-state index in [1.54, 1.807) is 12.3 Å². The largest absolute Gasteiger partial charge is 0.292 e. The number of carbonyl (C=O) groups is 1. The Bertz CT molecular complexity index is 515. The molecule has 0 radical (unpaired) electrons. The van der Waals surface area contributed by atoms with Crippen molar-refractivity contribution in [2.24, 2.45) is 0 Å². The summed E-state index contributed by atoms with van der Waals surface area (Å²) in [4.78, 5) is 16.0. The van der Waals surface area contributed by atoms with Crippen LogP contribution in [0, 0.1) is 0 Å². The van der Waals surface area contributed by atoms with Gasteiger partial charge in [0.15, 0.2) is 5.78 Å². The minimum atomic E-state index is 0.0629. The van der Waals surface area contributed by atoms with Crippen LogP contribution in [0.4, 0.5) is 0 Å². The monoisotopic (exact) mass is 239 g/mol. The molecule has 0 saturated heterocycles. The second-order valence-electron chi connectivity index (χ2n) is 4.71. The van der Waals surface area contributed by atoms with Crippen LogP contribution >= 0.6 is 0 Å². The molecule has 0 aliphatic carbocycles. The number of hydrogen-bond donors (Lipinski definition) is 0. The second-order valence-corrected chi connectivity index (χ2v) is 4.71. The molecule has 0 bridgehead atoms. The van der Waals surface area contributed by atoms with E-state index in [4.69, 9.17) is 0 Å². The molecule has 2 aromatic rings. The third-order valence-corrected chi connectivity index (χ3v) is 2.96. The van der Waals surface area contributed by atoms with Crippen molar-refractivity contribution in [3.8, 4) is 0 Å². The van der Waals surface area contributed by atoms with Crippen LogP contribution in [-0.4, -0.2) is 10.8 Å². The standard InChI is InChI=1S/C16H17NO/c1-12(2)14-8-6-13(7-9-14)11-16(18)15-5-3-4-10-17-15/h3-10,12H,11H2,1-2H3. The van der Waals surface area contributed by atoms with Crippen molar-refractivity contribution in [3.63, 3.8) is 0 Å². The molecule has 0 saturated carbocycles. The first-order chi connectivity index (χ1) is 8.66. The van der Waals surface area contributed by atoms with E-state index in [2.05, 4.69) is 31.0 Å². The van der Waals surface area contributed by atoms with Crippen LogP contribution in [0.15, 0.2) is 48.7 Å². The average Bonchev–Trinajstić information content (AvgIpc) is 2.40. The van der Waals surface area contributed by atoms with Crippen LogP contribution in [0.25, 0.3) is 0 Å². The van der Waals surface area contributed by atoms with Crippen molar-refractivity contribution in [1.82, 2.24) is 4.98 Å². The van der Waals surface area contributed by atoms with Gasteiger partial charge in [0.2, 0.25) is 0 Å². The van der Waals surface area contributed by atoms with Gasteiger partial charge in [-0.25, -0.2) is 0 Å². The SMILES string of the molecule is CC(C)c1ccc(CC(=O)c2ccccn2)cc1. The highest BCUT2D eigenvalue weighted by Crippen LogP contribution is 2.15. The van der Waals surface area contributed by atoms with E-state index < -0.39 is 0 Å². The van der Waals surface area contributed by atoms with E-state index in [-0.39, 0.29) is 5.78 Å². The van der Waals surface area contributed by atoms with Crippen molar-refractivity contribution in [2.75, 3.05) is 0 Å². The zero-order valence-electron chi connectivity index (χ0n) is 10.8. The van der Waals surface area contributed by atoms with Crippen molar-refractivity contribution in [1.29, 1.82) is 0 Å². The first-order valence-electron chi connectivity index (χ1n) is 6.20. The van der Waals surface area contributed by atoms with Gasteiger partial charge in [-0.15, -0.1) is 0 Å². The summed E-state index contributed by atoms with van der Waals surface area (Å²) in [6.45, 7) is 4.32. The van der Waals surface area contributed by atoms with Crippen LogP contribution in [0.2, 0.25) is 0 Å². The quantitative estimate of drug-likeness (QED) is 0.762. The number of nitrogens with zero attached hydrogens (tertiary/aromatic N) is 1. The van der Waals surface area contributed by atoms with Gasteiger partial charge < -0.3 is 0 Å². The predicted molar refractivity (Wildman–Crippen MR) is 72.8 cm³/mol. The van der Waals surface area contributed by atoms with Crippen molar-refractivity contribution < 1.29 is 4.79 Å². The zero-order chi connectivity index (χ0) is 13.0. The van der Waals surface area contributed by atoms with E-state index in [0.29, 0.717) is 18.0 Å². The van der Waals surface area contributed by atoms with Gasteiger partial charge in [0.1, 0.15) is 5.69 Å². The molecule has 1 heterocycles. The fraction of sp³-hybridized carbons (Fsp3) is 0.250. The molecule has 0 aliphatic rings. The lowest BCUT2D eigenvalue weighted by molar-refractivity contribution is 0.0988. The summed E-state index contributed by atoms with van der Waals surface area (Å²) in [5.41, 5.74) is 2.87. The molecular formula is C16H17NO. The topological polar surface area (TPSA) is 30.0 Å². The van der Waals surface area contributed by atoms with E-state index in [0.717, 1.165) is 5.56 Å². The van der Waals surface area contributed by atoms with Crippen LogP contribution in [0.3, 0.4) is 0 Å². The molecule has 0 spiro atoms. The molecule has 92 valence electrons. The Balaban J connectivity index is 2.08.